The lowest BCUT2D eigenvalue weighted by Gasteiger charge is -2.32. The van der Waals surface area contributed by atoms with Crippen molar-refractivity contribution >= 4 is 5.69 Å². The average Bonchev–Trinajstić information content (AvgIpc) is 2.29. The molecule has 2 rings (SSSR count). The first-order valence-corrected chi connectivity index (χ1v) is 5.11. The van der Waals surface area contributed by atoms with Crippen LogP contribution in [-0.4, -0.2) is 31.0 Å². The fraction of sp³-hybridized carbons (Fsp3) is 0.455. The summed E-state index contributed by atoms with van der Waals surface area (Å²) < 4.78 is 5.27. The molecule has 4 heteroatoms. The van der Waals surface area contributed by atoms with Crippen molar-refractivity contribution in [1.29, 1.82) is 0 Å². The molecule has 3 N–H and O–H groups in total. The van der Waals surface area contributed by atoms with Crippen LogP contribution in [0.4, 0.5) is 5.69 Å². The van der Waals surface area contributed by atoms with E-state index in [2.05, 4.69) is 4.90 Å². The van der Waals surface area contributed by atoms with Crippen LogP contribution >= 0.6 is 0 Å². The molecular weight excluding hydrogens is 192 g/mol. The Morgan fingerprint density at radius 1 is 1.40 bits per heavy atom. The zero-order chi connectivity index (χ0) is 10.7. The molecule has 15 heavy (non-hydrogen) atoms. The van der Waals surface area contributed by atoms with Crippen LogP contribution in [0, 0.1) is 0 Å². The van der Waals surface area contributed by atoms with Gasteiger partial charge in [0.05, 0.1) is 19.8 Å². The quantitative estimate of drug-likeness (QED) is 0.734. The van der Waals surface area contributed by atoms with Gasteiger partial charge in [-0.25, -0.2) is 0 Å². The van der Waals surface area contributed by atoms with Crippen molar-refractivity contribution in [3.8, 4) is 0 Å². The van der Waals surface area contributed by atoms with Gasteiger partial charge in [-0.05, 0) is 17.7 Å². The molecule has 1 atom stereocenters. The van der Waals surface area contributed by atoms with Gasteiger partial charge in [0.25, 0.3) is 0 Å². The first-order valence-electron chi connectivity index (χ1n) is 5.11. The zero-order valence-electron chi connectivity index (χ0n) is 8.60. The number of ether oxygens (including phenoxy) is 1. The Morgan fingerprint density at radius 3 is 2.73 bits per heavy atom. The van der Waals surface area contributed by atoms with Gasteiger partial charge in [-0.15, -0.1) is 0 Å². The number of aliphatic hydroxyl groups is 1. The molecular formula is C11H16N2O2. The highest BCUT2D eigenvalue weighted by Gasteiger charge is 2.16. The van der Waals surface area contributed by atoms with Crippen molar-refractivity contribution in [2.75, 3.05) is 24.6 Å². The summed E-state index contributed by atoms with van der Waals surface area (Å²) in [6, 6.07) is 7.86. The summed E-state index contributed by atoms with van der Waals surface area (Å²) in [7, 11) is 0. The number of nitrogens with zero attached hydrogens (tertiary/aromatic N) is 1. The number of hydrogen-bond donors (Lipinski definition) is 2. The van der Waals surface area contributed by atoms with Crippen LogP contribution in [0.2, 0.25) is 0 Å². The van der Waals surface area contributed by atoms with Crippen molar-refractivity contribution in [3.05, 3.63) is 29.8 Å². The van der Waals surface area contributed by atoms with Crippen molar-refractivity contribution in [2.45, 2.75) is 12.8 Å². The van der Waals surface area contributed by atoms with Crippen LogP contribution in [0.15, 0.2) is 24.3 Å². The maximum atomic E-state index is 8.93. The lowest BCUT2D eigenvalue weighted by atomic mass is 10.2. The maximum absolute atomic E-state index is 8.93. The summed E-state index contributed by atoms with van der Waals surface area (Å²) >= 11 is 0. The lowest BCUT2D eigenvalue weighted by Crippen LogP contribution is -2.46. The topological polar surface area (TPSA) is 58.7 Å². The molecule has 1 saturated heterocycles. The van der Waals surface area contributed by atoms with E-state index in [0.717, 1.165) is 24.3 Å². The van der Waals surface area contributed by atoms with Crippen molar-refractivity contribution in [3.63, 3.8) is 0 Å². The molecule has 4 nitrogen and oxygen atoms in total. The number of hydrogen-bond acceptors (Lipinski definition) is 4. The third kappa shape index (κ3) is 2.47. The van der Waals surface area contributed by atoms with E-state index >= 15 is 0 Å². The highest BCUT2D eigenvalue weighted by molar-refractivity contribution is 5.47. The summed E-state index contributed by atoms with van der Waals surface area (Å²) in [6.45, 7) is 2.34. The fourth-order valence-corrected chi connectivity index (χ4v) is 1.72. The van der Waals surface area contributed by atoms with Gasteiger partial charge in [-0.3, -0.25) is 0 Å². The van der Waals surface area contributed by atoms with E-state index < -0.39 is 0 Å². The molecule has 0 spiro atoms. The number of benzene rings is 1. The van der Waals surface area contributed by atoms with Gasteiger partial charge in [0.1, 0.15) is 6.23 Å². The number of aliphatic hydroxyl groups excluding tert-OH is 1. The molecule has 1 aliphatic heterocycles. The maximum Gasteiger partial charge on any atom is 0.123 e. The van der Waals surface area contributed by atoms with Crippen LogP contribution in [0.5, 0.6) is 0 Å². The largest absolute Gasteiger partial charge is 0.392 e. The second kappa shape index (κ2) is 4.61. The first kappa shape index (κ1) is 10.4. The van der Waals surface area contributed by atoms with Gasteiger partial charge in [0.15, 0.2) is 0 Å². The number of nitrogens with two attached hydrogens (primary N) is 1. The number of morpholine rings is 1. The lowest BCUT2D eigenvalue weighted by molar-refractivity contribution is 0.0451. The minimum atomic E-state index is -0.198. The zero-order valence-corrected chi connectivity index (χ0v) is 8.60. The summed E-state index contributed by atoms with van der Waals surface area (Å²) in [5, 5.41) is 8.93. The Labute approximate surface area is 89.3 Å². The van der Waals surface area contributed by atoms with Gasteiger partial charge >= 0.3 is 0 Å². The van der Waals surface area contributed by atoms with E-state index in [1.54, 1.807) is 0 Å². The molecule has 1 aromatic carbocycles. The minimum Gasteiger partial charge on any atom is -0.392 e. The van der Waals surface area contributed by atoms with E-state index in [0.29, 0.717) is 6.61 Å². The molecule has 1 heterocycles. The van der Waals surface area contributed by atoms with E-state index in [1.807, 2.05) is 24.3 Å². The Kier molecular flexibility index (Phi) is 3.20. The van der Waals surface area contributed by atoms with Crippen molar-refractivity contribution < 1.29 is 9.84 Å². The Morgan fingerprint density at radius 2 is 2.13 bits per heavy atom. The van der Waals surface area contributed by atoms with E-state index in [1.165, 1.54) is 0 Å². The Hall–Kier alpha value is -1.10. The smallest absolute Gasteiger partial charge is 0.123 e. The van der Waals surface area contributed by atoms with E-state index in [4.69, 9.17) is 15.6 Å². The summed E-state index contributed by atoms with van der Waals surface area (Å²) in [6.07, 6.45) is -0.198. The molecule has 82 valence electrons. The van der Waals surface area contributed by atoms with Crippen LogP contribution in [0.1, 0.15) is 5.56 Å². The van der Waals surface area contributed by atoms with Crippen LogP contribution in [-0.2, 0) is 11.3 Å². The van der Waals surface area contributed by atoms with Crippen LogP contribution in [0.3, 0.4) is 0 Å². The monoisotopic (exact) mass is 208 g/mol. The van der Waals surface area contributed by atoms with Crippen LogP contribution < -0.4 is 10.6 Å². The average molecular weight is 208 g/mol. The molecule has 1 aromatic rings. The molecule has 0 saturated carbocycles. The molecule has 0 radical (unpaired) electrons. The van der Waals surface area contributed by atoms with Crippen LogP contribution in [0.25, 0.3) is 0 Å². The predicted octanol–water partition coefficient (Wildman–Crippen LogP) is 0.300. The second-order valence-corrected chi connectivity index (χ2v) is 3.68. The van der Waals surface area contributed by atoms with Gasteiger partial charge in [-0.2, -0.15) is 0 Å². The van der Waals surface area contributed by atoms with E-state index in [-0.39, 0.29) is 12.8 Å². The normalized spacial score (nSPS) is 21.7. The van der Waals surface area contributed by atoms with Crippen molar-refractivity contribution in [2.24, 2.45) is 5.73 Å². The molecule has 0 aliphatic carbocycles. The fourth-order valence-electron chi connectivity index (χ4n) is 1.72. The molecule has 1 fully saturated rings. The molecule has 1 aliphatic rings. The number of anilines is 1. The third-order valence-electron chi connectivity index (χ3n) is 2.58. The SMILES string of the molecule is NC1CN(c2ccc(CO)cc2)CCO1. The minimum absolute atomic E-state index is 0.0862. The Bertz CT molecular complexity index is 313. The van der Waals surface area contributed by atoms with Gasteiger partial charge < -0.3 is 20.5 Å². The molecule has 0 bridgehead atoms. The first-order chi connectivity index (χ1) is 7.29. The third-order valence-corrected chi connectivity index (χ3v) is 2.58. The second-order valence-electron chi connectivity index (χ2n) is 3.68. The Balaban J connectivity index is 2.07. The predicted molar refractivity (Wildman–Crippen MR) is 58.5 cm³/mol. The van der Waals surface area contributed by atoms with Crippen molar-refractivity contribution in [1.82, 2.24) is 0 Å². The summed E-state index contributed by atoms with van der Waals surface area (Å²) in [4.78, 5) is 2.19. The summed E-state index contributed by atoms with van der Waals surface area (Å²) in [5.74, 6) is 0. The molecule has 0 amide bonds. The highest BCUT2D eigenvalue weighted by Crippen LogP contribution is 2.17. The summed E-state index contributed by atoms with van der Waals surface area (Å²) in [5.41, 5.74) is 7.77. The van der Waals surface area contributed by atoms with Gasteiger partial charge in [0.2, 0.25) is 0 Å². The number of rotatable bonds is 2. The highest BCUT2D eigenvalue weighted by atomic mass is 16.5. The van der Waals surface area contributed by atoms with E-state index in [9.17, 15) is 0 Å². The molecule has 1 unspecified atom stereocenters. The van der Waals surface area contributed by atoms with Gasteiger partial charge in [-0.1, -0.05) is 12.1 Å². The molecule has 0 aromatic heterocycles. The van der Waals surface area contributed by atoms with Gasteiger partial charge in [0, 0.05) is 12.2 Å². The standard InChI is InChI=1S/C11H16N2O2/c12-11-7-13(5-6-15-11)10-3-1-9(8-14)2-4-10/h1-4,11,14H,5-8,12H2.